The Labute approximate surface area is 116 Å². The average Bonchev–Trinajstić information content (AvgIpc) is 2.62. The van der Waals surface area contributed by atoms with Gasteiger partial charge in [0.25, 0.3) is 0 Å². The maximum absolute atomic E-state index is 11.1. The largest absolute Gasteiger partial charge is 0.354 e. The van der Waals surface area contributed by atoms with Gasteiger partial charge in [0.2, 0.25) is 0 Å². The molecule has 0 spiro atoms. The number of aromatic nitrogens is 1. The summed E-state index contributed by atoms with van der Waals surface area (Å²) in [6, 6.07) is 0.452. The van der Waals surface area contributed by atoms with Crippen LogP contribution in [-0.2, 0) is 22.8 Å². The van der Waals surface area contributed by atoms with E-state index in [0.29, 0.717) is 12.5 Å². The second-order valence-electron chi connectivity index (χ2n) is 5.55. The number of aryl methyl sites for hydroxylation is 2. The average molecular weight is 284 g/mol. The number of hydrogen-bond acceptors (Lipinski definition) is 3. The Hall–Kier alpha value is -0.810. The normalized spacial score (nSPS) is 20.0. The zero-order valence-electron chi connectivity index (χ0n) is 11.9. The van der Waals surface area contributed by atoms with Crippen molar-refractivity contribution in [1.29, 1.82) is 0 Å². The van der Waals surface area contributed by atoms with Gasteiger partial charge in [-0.3, -0.25) is 0 Å². The van der Waals surface area contributed by atoms with Crippen molar-refractivity contribution in [2.45, 2.75) is 44.7 Å². The Morgan fingerprint density at radius 3 is 2.84 bits per heavy atom. The van der Waals surface area contributed by atoms with Crippen LogP contribution in [0.2, 0.25) is 0 Å². The van der Waals surface area contributed by atoms with Crippen molar-refractivity contribution in [3.05, 3.63) is 23.5 Å². The third kappa shape index (κ3) is 4.08. The third-order valence-electron chi connectivity index (χ3n) is 3.84. The zero-order valence-corrected chi connectivity index (χ0v) is 12.7. The molecule has 2 rings (SSSR count). The minimum atomic E-state index is -2.84. The van der Waals surface area contributed by atoms with Gasteiger partial charge in [-0.15, -0.1) is 0 Å². The first kappa shape index (κ1) is 14.6. The van der Waals surface area contributed by atoms with Crippen molar-refractivity contribution in [2.75, 3.05) is 19.1 Å². The van der Waals surface area contributed by atoms with Crippen molar-refractivity contribution in [1.82, 2.24) is 9.88 Å². The van der Waals surface area contributed by atoms with Crippen LogP contribution in [0.1, 0.15) is 42.9 Å². The van der Waals surface area contributed by atoms with Crippen LogP contribution in [-0.4, -0.2) is 32.0 Å². The molecule has 1 heterocycles. The van der Waals surface area contributed by atoms with Crippen molar-refractivity contribution in [2.24, 2.45) is 0 Å². The van der Waals surface area contributed by atoms with Gasteiger partial charge in [-0.25, -0.2) is 8.42 Å². The molecule has 0 radical (unpaired) electrons. The molecule has 0 fully saturated rings. The molecule has 1 aromatic heterocycles. The summed E-state index contributed by atoms with van der Waals surface area (Å²) in [6.07, 6.45) is 11.2. The molecule has 1 aliphatic rings. The molecule has 19 heavy (non-hydrogen) atoms. The minimum Gasteiger partial charge on any atom is -0.354 e. The lowest BCUT2D eigenvalue weighted by atomic mass is 10.1. The highest BCUT2D eigenvalue weighted by atomic mass is 32.2. The van der Waals surface area contributed by atoms with Gasteiger partial charge < -0.3 is 9.88 Å². The fourth-order valence-electron chi connectivity index (χ4n) is 2.85. The van der Waals surface area contributed by atoms with E-state index in [4.69, 9.17) is 0 Å². The van der Waals surface area contributed by atoms with Gasteiger partial charge in [0, 0.05) is 31.2 Å². The van der Waals surface area contributed by atoms with Gasteiger partial charge >= 0.3 is 0 Å². The molecule has 0 bridgehead atoms. The number of sulfone groups is 1. The fraction of sp³-hybridized carbons (Fsp3) is 0.714. The van der Waals surface area contributed by atoms with E-state index >= 15 is 0 Å². The fourth-order valence-corrected chi connectivity index (χ4v) is 3.51. The molecular formula is C14H24N2O2S. The minimum absolute atomic E-state index is 0.269. The summed E-state index contributed by atoms with van der Waals surface area (Å²) >= 11 is 0. The van der Waals surface area contributed by atoms with Crippen LogP contribution in [0.15, 0.2) is 12.4 Å². The van der Waals surface area contributed by atoms with E-state index in [1.54, 1.807) is 0 Å². The topological polar surface area (TPSA) is 51.1 Å². The standard InChI is InChI=1S/C14H24N2O2S/c1-15-14-7-4-3-6-12-10-16(11-13(12)14)8-5-9-19(2,17)18/h10-11,14-15H,3-9H2,1-2H3. The predicted molar refractivity (Wildman–Crippen MR) is 78.1 cm³/mol. The van der Waals surface area contributed by atoms with Gasteiger partial charge in [-0.05, 0) is 43.9 Å². The highest BCUT2D eigenvalue weighted by molar-refractivity contribution is 7.90. The van der Waals surface area contributed by atoms with Crippen LogP contribution >= 0.6 is 0 Å². The summed E-state index contributed by atoms with van der Waals surface area (Å²) in [4.78, 5) is 0. The SMILES string of the molecule is CNC1CCCCc2cn(CCCS(C)(=O)=O)cc21. The first-order chi connectivity index (χ1) is 8.99. The number of nitrogens with zero attached hydrogens (tertiary/aromatic N) is 1. The highest BCUT2D eigenvalue weighted by Gasteiger charge is 2.19. The Morgan fingerprint density at radius 1 is 1.37 bits per heavy atom. The maximum Gasteiger partial charge on any atom is 0.147 e. The molecule has 1 unspecified atom stereocenters. The van der Waals surface area contributed by atoms with Gasteiger partial charge in [-0.2, -0.15) is 0 Å². The number of hydrogen-bond donors (Lipinski definition) is 1. The van der Waals surface area contributed by atoms with Crippen LogP contribution in [0, 0.1) is 0 Å². The molecule has 4 nitrogen and oxygen atoms in total. The first-order valence-electron chi connectivity index (χ1n) is 7.03. The summed E-state index contributed by atoms with van der Waals surface area (Å²) in [5.41, 5.74) is 2.83. The van der Waals surface area contributed by atoms with Crippen molar-refractivity contribution in [3.8, 4) is 0 Å². The lowest BCUT2D eigenvalue weighted by Crippen LogP contribution is -2.15. The third-order valence-corrected chi connectivity index (χ3v) is 4.87. The lowest BCUT2D eigenvalue weighted by molar-refractivity contribution is 0.529. The quantitative estimate of drug-likeness (QED) is 0.840. The van der Waals surface area contributed by atoms with E-state index in [9.17, 15) is 8.42 Å². The monoisotopic (exact) mass is 284 g/mol. The van der Waals surface area contributed by atoms with Crippen LogP contribution < -0.4 is 5.32 Å². The van der Waals surface area contributed by atoms with Crippen molar-refractivity contribution >= 4 is 9.84 Å². The first-order valence-corrected chi connectivity index (χ1v) is 9.09. The Balaban J connectivity index is 2.04. The summed E-state index contributed by atoms with van der Waals surface area (Å²) < 4.78 is 24.4. The number of fused-ring (bicyclic) bond motifs is 1. The second kappa shape index (κ2) is 6.09. The number of rotatable bonds is 5. The summed E-state index contributed by atoms with van der Waals surface area (Å²) in [7, 11) is -0.829. The molecule has 108 valence electrons. The van der Waals surface area contributed by atoms with Crippen LogP contribution in [0.25, 0.3) is 0 Å². The van der Waals surface area contributed by atoms with Gasteiger partial charge in [0.15, 0.2) is 0 Å². The maximum atomic E-state index is 11.1. The van der Waals surface area contributed by atoms with Gasteiger partial charge in [-0.1, -0.05) is 6.42 Å². The highest BCUT2D eigenvalue weighted by Crippen LogP contribution is 2.29. The summed E-state index contributed by atoms with van der Waals surface area (Å²) in [6.45, 7) is 0.788. The number of nitrogens with one attached hydrogen (secondary N) is 1. The Morgan fingerprint density at radius 2 is 2.16 bits per heavy atom. The molecule has 0 saturated carbocycles. The van der Waals surface area contributed by atoms with E-state index < -0.39 is 9.84 Å². The predicted octanol–water partition coefficient (Wildman–Crippen LogP) is 1.91. The molecule has 1 N–H and O–H groups in total. The molecule has 0 aromatic carbocycles. The van der Waals surface area contributed by atoms with Crippen molar-refractivity contribution in [3.63, 3.8) is 0 Å². The second-order valence-corrected chi connectivity index (χ2v) is 7.81. The summed E-state index contributed by atoms with van der Waals surface area (Å²) in [5, 5.41) is 3.38. The van der Waals surface area contributed by atoms with Gasteiger partial charge in [0.1, 0.15) is 9.84 Å². The molecule has 1 aromatic rings. The van der Waals surface area contributed by atoms with E-state index in [1.165, 1.54) is 36.6 Å². The zero-order chi connectivity index (χ0) is 13.9. The lowest BCUT2D eigenvalue weighted by Gasteiger charge is -2.13. The van der Waals surface area contributed by atoms with Crippen LogP contribution in [0.5, 0.6) is 0 Å². The molecular weight excluding hydrogens is 260 g/mol. The molecule has 1 aliphatic carbocycles. The Kier molecular flexibility index (Phi) is 4.68. The molecule has 0 aliphatic heterocycles. The van der Waals surface area contributed by atoms with Crippen LogP contribution in [0.4, 0.5) is 0 Å². The van der Waals surface area contributed by atoms with E-state index in [2.05, 4.69) is 22.3 Å². The van der Waals surface area contributed by atoms with E-state index in [0.717, 1.165) is 13.0 Å². The van der Waals surface area contributed by atoms with Gasteiger partial charge in [0.05, 0.1) is 5.75 Å². The molecule has 1 atom stereocenters. The molecule has 5 heteroatoms. The van der Waals surface area contributed by atoms with Crippen LogP contribution in [0.3, 0.4) is 0 Å². The smallest absolute Gasteiger partial charge is 0.147 e. The summed E-state index contributed by atoms with van der Waals surface area (Å²) in [5.74, 6) is 0.269. The van der Waals surface area contributed by atoms with E-state index in [1.807, 2.05) is 7.05 Å². The Bertz CT molecular complexity index is 520. The van der Waals surface area contributed by atoms with Crippen molar-refractivity contribution < 1.29 is 8.42 Å². The molecule has 0 amide bonds. The van der Waals surface area contributed by atoms with E-state index in [-0.39, 0.29) is 5.75 Å². The molecule has 0 saturated heterocycles.